The number of anilines is 1. The Kier molecular flexibility index (Phi) is 11.2. The zero-order valence-electron chi connectivity index (χ0n) is 24.1. The summed E-state index contributed by atoms with van der Waals surface area (Å²) in [7, 11) is -1.53. The van der Waals surface area contributed by atoms with E-state index in [0.717, 1.165) is 4.31 Å². The molecule has 0 aliphatic heterocycles. The Hall–Kier alpha value is -3.83. The molecule has 0 heterocycles. The molecule has 0 aromatic heterocycles. The van der Waals surface area contributed by atoms with Gasteiger partial charge >= 0.3 is 0 Å². The van der Waals surface area contributed by atoms with E-state index >= 15 is 0 Å². The third-order valence-electron chi connectivity index (χ3n) is 6.77. The van der Waals surface area contributed by atoms with E-state index in [2.05, 4.69) is 5.32 Å². The lowest BCUT2D eigenvalue weighted by Gasteiger charge is -2.32. The van der Waals surface area contributed by atoms with Crippen molar-refractivity contribution < 1.29 is 31.9 Å². The van der Waals surface area contributed by atoms with E-state index in [1.54, 1.807) is 6.92 Å². The second kappa shape index (κ2) is 14.4. The Bertz CT molecular complexity index is 1490. The quantitative estimate of drug-likeness (QED) is 0.288. The second-order valence-electron chi connectivity index (χ2n) is 9.65. The maximum absolute atomic E-state index is 14.0. The number of amides is 2. The number of rotatable bonds is 13. The molecule has 0 radical (unpaired) electrons. The number of halogens is 2. The standard InChI is InChI=1S/C30H35ClFN3O6S/c1-6-20(2)33-30(37)21(3)34(18-22-7-11-24(32)12-8-22)29(36)19-35(25-13-9-23(31)10-14-25)42(38,39)26-15-16-27(40-4)28(17-26)41-5/h7-17,20-21H,6,18-19H2,1-5H3,(H,33,37)/t20-,21+/m1/s1. The number of carbonyl (C=O) groups excluding carboxylic acids is 2. The molecule has 0 saturated heterocycles. The SMILES string of the molecule is CC[C@@H](C)NC(=O)[C@H](C)N(Cc1ccc(F)cc1)C(=O)CN(c1ccc(Cl)cc1)S(=O)(=O)c1ccc(OC)c(OC)c1. The van der Waals surface area contributed by atoms with E-state index in [1.807, 2.05) is 13.8 Å². The lowest BCUT2D eigenvalue weighted by Crippen LogP contribution is -2.52. The fourth-order valence-corrected chi connectivity index (χ4v) is 5.63. The van der Waals surface area contributed by atoms with Crippen molar-refractivity contribution in [3.8, 4) is 11.5 Å². The van der Waals surface area contributed by atoms with Crippen LogP contribution in [-0.4, -0.2) is 58.0 Å². The van der Waals surface area contributed by atoms with Crippen LogP contribution in [0.15, 0.2) is 71.6 Å². The normalized spacial score (nSPS) is 12.6. The Morgan fingerprint density at radius 2 is 1.57 bits per heavy atom. The third-order valence-corrected chi connectivity index (χ3v) is 8.79. The van der Waals surface area contributed by atoms with Gasteiger partial charge in [-0.3, -0.25) is 13.9 Å². The average molecular weight is 620 g/mol. The van der Waals surface area contributed by atoms with Crippen molar-refractivity contribution in [2.45, 2.75) is 50.7 Å². The molecule has 1 N–H and O–H groups in total. The molecular formula is C30H35ClFN3O6S. The number of sulfonamides is 1. The average Bonchev–Trinajstić information content (AvgIpc) is 2.98. The number of nitrogens with zero attached hydrogens (tertiary/aromatic N) is 2. The van der Waals surface area contributed by atoms with Crippen LogP contribution < -0.4 is 19.1 Å². The van der Waals surface area contributed by atoms with Crippen molar-refractivity contribution in [3.63, 3.8) is 0 Å². The predicted octanol–water partition coefficient (Wildman–Crippen LogP) is 5.02. The van der Waals surface area contributed by atoms with Crippen LogP contribution in [0.5, 0.6) is 11.5 Å². The van der Waals surface area contributed by atoms with Crippen LogP contribution in [0.4, 0.5) is 10.1 Å². The van der Waals surface area contributed by atoms with Crippen LogP contribution in [0.25, 0.3) is 0 Å². The van der Waals surface area contributed by atoms with Crippen molar-refractivity contribution in [1.29, 1.82) is 0 Å². The fraction of sp³-hybridized carbons (Fsp3) is 0.333. The first-order chi connectivity index (χ1) is 19.9. The number of hydrogen-bond acceptors (Lipinski definition) is 6. The minimum atomic E-state index is -4.34. The smallest absolute Gasteiger partial charge is 0.264 e. The van der Waals surface area contributed by atoms with Gasteiger partial charge in [-0.1, -0.05) is 30.7 Å². The Labute approximate surface area is 251 Å². The van der Waals surface area contributed by atoms with Crippen LogP contribution in [0.2, 0.25) is 5.02 Å². The van der Waals surface area contributed by atoms with Crippen molar-refractivity contribution in [2.24, 2.45) is 0 Å². The molecule has 2 atom stereocenters. The molecule has 42 heavy (non-hydrogen) atoms. The van der Waals surface area contributed by atoms with Gasteiger partial charge in [-0.15, -0.1) is 0 Å². The summed E-state index contributed by atoms with van der Waals surface area (Å²) in [5.41, 5.74) is 0.745. The highest BCUT2D eigenvalue weighted by molar-refractivity contribution is 7.92. The van der Waals surface area contributed by atoms with Crippen molar-refractivity contribution in [1.82, 2.24) is 10.2 Å². The zero-order chi connectivity index (χ0) is 31.0. The third kappa shape index (κ3) is 7.92. The molecule has 12 heteroatoms. The first-order valence-corrected chi connectivity index (χ1v) is 15.1. The first kappa shape index (κ1) is 32.7. The van der Waals surface area contributed by atoms with E-state index in [-0.39, 0.29) is 28.9 Å². The highest BCUT2D eigenvalue weighted by Crippen LogP contribution is 2.32. The lowest BCUT2D eigenvalue weighted by molar-refractivity contribution is -0.139. The number of ether oxygens (including phenoxy) is 2. The molecule has 2 amide bonds. The summed E-state index contributed by atoms with van der Waals surface area (Å²) in [6, 6.07) is 14.5. The molecule has 0 aliphatic rings. The van der Waals surface area contributed by atoms with Crippen molar-refractivity contribution in [2.75, 3.05) is 25.1 Å². The Morgan fingerprint density at radius 3 is 2.14 bits per heavy atom. The summed E-state index contributed by atoms with van der Waals surface area (Å²) in [4.78, 5) is 28.2. The minimum Gasteiger partial charge on any atom is -0.493 e. The fourth-order valence-electron chi connectivity index (χ4n) is 4.07. The maximum atomic E-state index is 14.0. The molecule has 0 fully saturated rings. The maximum Gasteiger partial charge on any atom is 0.264 e. The van der Waals surface area contributed by atoms with E-state index in [4.69, 9.17) is 21.1 Å². The summed E-state index contributed by atoms with van der Waals surface area (Å²) in [6.07, 6.45) is 0.679. The number of benzene rings is 3. The Morgan fingerprint density at radius 1 is 0.952 bits per heavy atom. The number of methoxy groups -OCH3 is 2. The predicted molar refractivity (Wildman–Crippen MR) is 160 cm³/mol. The monoisotopic (exact) mass is 619 g/mol. The van der Waals surface area contributed by atoms with Gasteiger partial charge in [0.2, 0.25) is 11.8 Å². The van der Waals surface area contributed by atoms with Crippen LogP contribution in [-0.2, 0) is 26.2 Å². The summed E-state index contributed by atoms with van der Waals surface area (Å²) >= 11 is 6.06. The van der Waals surface area contributed by atoms with Crippen LogP contribution in [0, 0.1) is 5.82 Å². The topological polar surface area (TPSA) is 105 Å². The van der Waals surface area contributed by atoms with Gasteiger partial charge in [-0.25, -0.2) is 12.8 Å². The molecule has 0 unspecified atom stereocenters. The zero-order valence-corrected chi connectivity index (χ0v) is 25.7. The van der Waals surface area contributed by atoms with Gasteiger partial charge in [0, 0.05) is 23.7 Å². The van der Waals surface area contributed by atoms with E-state index in [1.165, 1.54) is 85.8 Å². The highest BCUT2D eigenvalue weighted by Gasteiger charge is 2.33. The molecule has 0 bridgehead atoms. The lowest BCUT2D eigenvalue weighted by atomic mass is 10.1. The summed E-state index contributed by atoms with van der Waals surface area (Å²) in [6.45, 7) is 4.63. The minimum absolute atomic E-state index is 0.0565. The summed E-state index contributed by atoms with van der Waals surface area (Å²) in [5, 5.41) is 3.24. The van der Waals surface area contributed by atoms with E-state index < -0.39 is 40.2 Å². The van der Waals surface area contributed by atoms with Gasteiger partial charge in [0.05, 0.1) is 24.8 Å². The van der Waals surface area contributed by atoms with Gasteiger partial charge in [-0.05, 0) is 74.4 Å². The van der Waals surface area contributed by atoms with Crippen LogP contribution >= 0.6 is 11.6 Å². The van der Waals surface area contributed by atoms with Crippen LogP contribution in [0.3, 0.4) is 0 Å². The molecule has 0 saturated carbocycles. The molecule has 3 aromatic rings. The number of hydrogen-bond donors (Lipinski definition) is 1. The molecule has 226 valence electrons. The second-order valence-corrected chi connectivity index (χ2v) is 11.9. The van der Waals surface area contributed by atoms with Gasteiger partial charge in [0.25, 0.3) is 10.0 Å². The molecule has 3 rings (SSSR count). The molecule has 0 aliphatic carbocycles. The highest BCUT2D eigenvalue weighted by atomic mass is 35.5. The van der Waals surface area contributed by atoms with E-state index in [0.29, 0.717) is 22.8 Å². The molecule has 3 aromatic carbocycles. The van der Waals surface area contributed by atoms with Gasteiger partial charge in [0.15, 0.2) is 11.5 Å². The summed E-state index contributed by atoms with van der Waals surface area (Å²) in [5.74, 6) is -0.980. The van der Waals surface area contributed by atoms with Gasteiger partial charge in [-0.2, -0.15) is 0 Å². The largest absolute Gasteiger partial charge is 0.493 e. The number of carbonyl (C=O) groups is 2. The van der Waals surface area contributed by atoms with Crippen LogP contribution in [0.1, 0.15) is 32.8 Å². The molecule has 0 spiro atoms. The molecular weight excluding hydrogens is 585 g/mol. The summed E-state index contributed by atoms with van der Waals surface area (Å²) < 4.78 is 53.1. The first-order valence-electron chi connectivity index (χ1n) is 13.3. The Balaban J connectivity index is 2.06. The van der Waals surface area contributed by atoms with Gasteiger partial charge < -0.3 is 19.7 Å². The van der Waals surface area contributed by atoms with Gasteiger partial charge in [0.1, 0.15) is 18.4 Å². The molecule has 9 nitrogen and oxygen atoms in total. The van der Waals surface area contributed by atoms with Crippen molar-refractivity contribution >= 4 is 39.1 Å². The van der Waals surface area contributed by atoms with E-state index in [9.17, 15) is 22.4 Å². The van der Waals surface area contributed by atoms with Crippen molar-refractivity contribution in [3.05, 3.63) is 83.1 Å². The number of nitrogens with one attached hydrogen (secondary N) is 1.